The Labute approximate surface area is 115 Å². The second-order valence-corrected chi connectivity index (χ2v) is 7.79. The Morgan fingerprint density at radius 2 is 2.11 bits per heavy atom. The molecular formula is C13H23N3O2S. The molecule has 1 heterocycles. The highest BCUT2D eigenvalue weighted by Crippen LogP contribution is 2.42. The van der Waals surface area contributed by atoms with Crippen molar-refractivity contribution in [3.05, 3.63) is 12.3 Å². The smallest absolute Gasteiger partial charge is 0.257 e. The minimum atomic E-state index is -3.45. The molecule has 108 valence electrons. The van der Waals surface area contributed by atoms with E-state index in [1.807, 2.05) is 0 Å². The molecule has 0 saturated heterocycles. The van der Waals surface area contributed by atoms with E-state index < -0.39 is 10.0 Å². The van der Waals surface area contributed by atoms with Crippen LogP contribution in [0.1, 0.15) is 46.0 Å². The maximum Gasteiger partial charge on any atom is 0.257 e. The number of H-pyrrole nitrogens is 1. The van der Waals surface area contributed by atoms with Crippen LogP contribution in [0.15, 0.2) is 17.3 Å². The zero-order valence-electron chi connectivity index (χ0n) is 11.6. The van der Waals surface area contributed by atoms with Gasteiger partial charge in [0.25, 0.3) is 10.0 Å². The summed E-state index contributed by atoms with van der Waals surface area (Å²) in [6.45, 7) is 4.93. The van der Waals surface area contributed by atoms with Crippen molar-refractivity contribution in [3.8, 4) is 0 Å². The maximum atomic E-state index is 12.1. The molecule has 19 heavy (non-hydrogen) atoms. The quantitative estimate of drug-likeness (QED) is 0.842. The van der Waals surface area contributed by atoms with Gasteiger partial charge in [0.15, 0.2) is 5.03 Å². The Morgan fingerprint density at radius 1 is 1.42 bits per heavy atom. The number of sulfonamides is 1. The summed E-state index contributed by atoms with van der Waals surface area (Å²) in [6.07, 6.45) is 7.19. The van der Waals surface area contributed by atoms with Gasteiger partial charge in [-0.2, -0.15) is 5.10 Å². The summed E-state index contributed by atoms with van der Waals surface area (Å²) in [5.74, 6) is 0.592. The summed E-state index contributed by atoms with van der Waals surface area (Å²) >= 11 is 0. The fraction of sp³-hybridized carbons (Fsp3) is 0.769. The number of aromatic amines is 1. The van der Waals surface area contributed by atoms with Crippen LogP contribution in [0, 0.1) is 11.3 Å². The molecule has 1 aliphatic carbocycles. The Morgan fingerprint density at radius 3 is 2.63 bits per heavy atom. The van der Waals surface area contributed by atoms with Crippen LogP contribution >= 0.6 is 0 Å². The molecule has 6 heteroatoms. The Balaban J connectivity index is 2.03. The second kappa shape index (κ2) is 5.63. The van der Waals surface area contributed by atoms with E-state index in [-0.39, 0.29) is 10.4 Å². The van der Waals surface area contributed by atoms with Gasteiger partial charge in [-0.15, -0.1) is 0 Å². The van der Waals surface area contributed by atoms with Crippen LogP contribution in [0.2, 0.25) is 0 Å². The molecule has 0 spiro atoms. The first-order chi connectivity index (χ1) is 8.94. The molecule has 0 atom stereocenters. The number of nitrogens with zero attached hydrogens (tertiary/aromatic N) is 1. The number of hydrogen-bond acceptors (Lipinski definition) is 3. The Kier molecular flexibility index (Phi) is 4.30. The van der Waals surface area contributed by atoms with E-state index in [2.05, 4.69) is 28.8 Å². The standard InChI is InChI=1S/C13H23N3O2S/c1-11(2)9-13(6-3-4-7-13)10-15-19(17,18)12-5-8-14-16-12/h5,8,11,15H,3-4,6-7,9-10H2,1-2H3,(H,14,16). The molecule has 2 N–H and O–H groups in total. The van der Waals surface area contributed by atoms with Gasteiger partial charge in [-0.3, -0.25) is 5.10 Å². The van der Waals surface area contributed by atoms with Gasteiger partial charge in [-0.25, -0.2) is 13.1 Å². The SMILES string of the molecule is CC(C)CC1(CNS(=O)(=O)c2ccn[nH]2)CCCC1. The van der Waals surface area contributed by atoms with Crippen molar-refractivity contribution in [2.24, 2.45) is 11.3 Å². The molecule has 2 rings (SSSR count). The molecule has 0 radical (unpaired) electrons. The molecule has 1 aromatic rings. The highest BCUT2D eigenvalue weighted by molar-refractivity contribution is 7.89. The molecule has 0 aromatic carbocycles. The first-order valence-corrected chi connectivity index (χ1v) is 8.41. The molecule has 0 amide bonds. The summed E-state index contributed by atoms with van der Waals surface area (Å²) < 4.78 is 26.9. The summed E-state index contributed by atoms with van der Waals surface area (Å²) in [4.78, 5) is 0. The molecule has 5 nitrogen and oxygen atoms in total. The van der Waals surface area contributed by atoms with E-state index >= 15 is 0 Å². The third kappa shape index (κ3) is 3.57. The van der Waals surface area contributed by atoms with Crippen molar-refractivity contribution in [2.75, 3.05) is 6.54 Å². The average Bonchev–Trinajstić information content (AvgIpc) is 2.97. The number of aromatic nitrogens is 2. The van der Waals surface area contributed by atoms with Crippen LogP contribution in [0.25, 0.3) is 0 Å². The van der Waals surface area contributed by atoms with Crippen molar-refractivity contribution in [2.45, 2.75) is 51.0 Å². The first kappa shape index (κ1) is 14.5. The fourth-order valence-corrected chi connectivity index (χ4v) is 4.23. The molecule has 0 bridgehead atoms. The molecular weight excluding hydrogens is 262 g/mol. The zero-order chi connectivity index (χ0) is 13.9. The van der Waals surface area contributed by atoms with E-state index in [1.165, 1.54) is 25.1 Å². The summed E-state index contributed by atoms with van der Waals surface area (Å²) in [6, 6.07) is 1.48. The van der Waals surface area contributed by atoms with Crippen LogP contribution in [0.4, 0.5) is 0 Å². The van der Waals surface area contributed by atoms with Crippen LogP contribution in [-0.4, -0.2) is 25.2 Å². The first-order valence-electron chi connectivity index (χ1n) is 6.93. The van der Waals surface area contributed by atoms with Crippen molar-refractivity contribution in [3.63, 3.8) is 0 Å². The van der Waals surface area contributed by atoms with Gasteiger partial charge in [0.2, 0.25) is 0 Å². The topological polar surface area (TPSA) is 74.8 Å². The lowest BCUT2D eigenvalue weighted by Gasteiger charge is -2.31. The lowest BCUT2D eigenvalue weighted by atomic mass is 9.79. The normalized spacial score (nSPS) is 19.1. The highest BCUT2D eigenvalue weighted by atomic mass is 32.2. The predicted octanol–water partition coefficient (Wildman–Crippen LogP) is 2.29. The zero-order valence-corrected chi connectivity index (χ0v) is 12.5. The third-order valence-electron chi connectivity index (χ3n) is 3.91. The monoisotopic (exact) mass is 285 g/mol. The summed E-state index contributed by atoms with van der Waals surface area (Å²) in [5, 5.41) is 6.34. The van der Waals surface area contributed by atoms with Crippen molar-refractivity contribution in [1.29, 1.82) is 0 Å². The minimum Gasteiger partial charge on any atom is -0.266 e. The van der Waals surface area contributed by atoms with Gasteiger partial charge in [-0.1, -0.05) is 26.7 Å². The summed E-state index contributed by atoms with van der Waals surface area (Å²) in [7, 11) is -3.45. The van der Waals surface area contributed by atoms with Crippen molar-refractivity contribution < 1.29 is 8.42 Å². The highest BCUT2D eigenvalue weighted by Gasteiger charge is 2.35. The maximum absolute atomic E-state index is 12.1. The van der Waals surface area contributed by atoms with Gasteiger partial charge < -0.3 is 0 Å². The Bertz CT molecular complexity index is 488. The second-order valence-electron chi connectivity index (χ2n) is 6.05. The lowest BCUT2D eigenvalue weighted by molar-refractivity contribution is 0.236. The summed E-state index contributed by atoms with van der Waals surface area (Å²) in [5.41, 5.74) is 0.140. The fourth-order valence-electron chi connectivity index (χ4n) is 3.16. The average molecular weight is 285 g/mol. The van der Waals surface area contributed by atoms with E-state index in [0.717, 1.165) is 19.3 Å². The third-order valence-corrected chi connectivity index (χ3v) is 5.24. The molecule has 0 unspecified atom stereocenters. The minimum absolute atomic E-state index is 0.140. The molecule has 1 fully saturated rings. The van der Waals surface area contributed by atoms with E-state index in [0.29, 0.717) is 12.5 Å². The van der Waals surface area contributed by atoms with Crippen molar-refractivity contribution >= 4 is 10.0 Å². The van der Waals surface area contributed by atoms with Gasteiger partial charge >= 0.3 is 0 Å². The van der Waals surface area contributed by atoms with Gasteiger partial charge in [0, 0.05) is 6.54 Å². The van der Waals surface area contributed by atoms with Gasteiger partial charge in [-0.05, 0) is 36.7 Å². The largest absolute Gasteiger partial charge is 0.266 e. The lowest BCUT2D eigenvalue weighted by Crippen LogP contribution is -2.37. The van der Waals surface area contributed by atoms with Crippen LogP contribution in [0.5, 0.6) is 0 Å². The molecule has 1 saturated carbocycles. The van der Waals surface area contributed by atoms with Crippen molar-refractivity contribution in [1.82, 2.24) is 14.9 Å². The molecule has 1 aromatic heterocycles. The van der Waals surface area contributed by atoms with Gasteiger partial charge in [0.1, 0.15) is 0 Å². The number of nitrogens with one attached hydrogen (secondary N) is 2. The van der Waals surface area contributed by atoms with E-state index in [4.69, 9.17) is 0 Å². The Hall–Kier alpha value is -0.880. The molecule has 1 aliphatic rings. The van der Waals surface area contributed by atoms with Gasteiger partial charge in [0.05, 0.1) is 6.20 Å². The van der Waals surface area contributed by atoms with Crippen LogP contribution < -0.4 is 4.72 Å². The van der Waals surface area contributed by atoms with E-state index in [1.54, 1.807) is 0 Å². The predicted molar refractivity (Wildman–Crippen MR) is 74.1 cm³/mol. The van der Waals surface area contributed by atoms with Crippen LogP contribution in [-0.2, 0) is 10.0 Å². The number of hydrogen-bond donors (Lipinski definition) is 2. The number of rotatable bonds is 6. The molecule has 0 aliphatic heterocycles. The van der Waals surface area contributed by atoms with E-state index in [9.17, 15) is 8.42 Å². The van der Waals surface area contributed by atoms with Crippen LogP contribution in [0.3, 0.4) is 0 Å².